The van der Waals surface area contributed by atoms with E-state index in [1.807, 2.05) is 0 Å². The van der Waals surface area contributed by atoms with E-state index in [2.05, 4.69) is 125 Å². The molecule has 2 heteroatoms. The zero-order valence-electron chi connectivity index (χ0n) is 21.0. The zero-order valence-corrected chi connectivity index (χ0v) is 24.2. The zero-order chi connectivity index (χ0) is 24.6. The quantitative estimate of drug-likeness (QED) is 0.240. The molecule has 2 aliphatic carbocycles. The maximum absolute atomic E-state index is 3.82. The number of benzene rings is 3. The second-order valence-corrected chi connectivity index (χ2v) is 12.2. The summed E-state index contributed by atoms with van der Waals surface area (Å²) in [6, 6.07) is 22.9. The maximum atomic E-state index is 3.82. The summed E-state index contributed by atoms with van der Waals surface area (Å²) < 4.78 is 2.27. The molecule has 35 heavy (non-hydrogen) atoms. The highest BCUT2D eigenvalue weighted by Gasteiger charge is 2.47. The number of rotatable bonds is 7. The Morgan fingerprint density at radius 1 is 0.857 bits per heavy atom. The molecule has 0 heterocycles. The highest BCUT2D eigenvalue weighted by Crippen LogP contribution is 2.58. The van der Waals surface area contributed by atoms with Gasteiger partial charge in [0.05, 0.1) is 5.41 Å². The molecule has 0 amide bonds. The van der Waals surface area contributed by atoms with Crippen LogP contribution in [0, 0.1) is 12.8 Å². The summed E-state index contributed by atoms with van der Waals surface area (Å²) in [4.78, 5) is 0. The first-order valence-corrected chi connectivity index (χ1v) is 14.6. The lowest BCUT2D eigenvalue weighted by Gasteiger charge is -2.37. The van der Waals surface area contributed by atoms with Crippen LogP contribution < -0.4 is 0 Å². The van der Waals surface area contributed by atoms with Crippen LogP contribution in [0.15, 0.2) is 92.9 Å². The number of hydrogen-bond donors (Lipinski definition) is 0. The van der Waals surface area contributed by atoms with Gasteiger partial charge in [0, 0.05) is 8.95 Å². The molecule has 0 N–H and O–H groups in total. The summed E-state index contributed by atoms with van der Waals surface area (Å²) in [5.74, 6) is 0.532. The predicted molar refractivity (Wildman–Crippen MR) is 157 cm³/mol. The lowest BCUT2D eigenvalue weighted by molar-refractivity contribution is 0.609. The van der Waals surface area contributed by atoms with Crippen molar-refractivity contribution >= 4 is 31.9 Å². The van der Waals surface area contributed by atoms with E-state index in [0.717, 1.165) is 8.95 Å². The SMILES string of the molecule is CCCCCCC1=CC(C2(c3cccc(C)c3)c3cc(Br)ccc3-c3ccc(Br)cc32)=CC(C)C1. The standard InChI is InChI=1S/C33H34Br2/c1-4-5-6-7-10-24-16-23(3)18-26(19-24)33(25-11-8-9-22(2)17-25)31-20-27(34)12-14-29(31)30-15-13-28(35)21-32(30)33/h8-9,11-15,17-21,23H,4-7,10,16H2,1-3H3. The van der Waals surface area contributed by atoms with Crippen molar-refractivity contribution in [1.82, 2.24) is 0 Å². The van der Waals surface area contributed by atoms with Crippen LogP contribution in [-0.2, 0) is 5.41 Å². The van der Waals surface area contributed by atoms with E-state index >= 15 is 0 Å². The normalized spacial score (nSPS) is 18.0. The monoisotopic (exact) mass is 588 g/mol. The van der Waals surface area contributed by atoms with Gasteiger partial charge < -0.3 is 0 Å². The van der Waals surface area contributed by atoms with Crippen molar-refractivity contribution in [2.75, 3.05) is 0 Å². The third-order valence-electron chi connectivity index (χ3n) is 7.70. The average Bonchev–Trinajstić information content (AvgIpc) is 3.11. The Balaban J connectivity index is 1.78. The number of aryl methyl sites for hydroxylation is 1. The van der Waals surface area contributed by atoms with Gasteiger partial charge in [-0.05, 0) is 89.8 Å². The number of hydrogen-bond acceptors (Lipinski definition) is 0. The number of unbranched alkanes of at least 4 members (excludes halogenated alkanes) is 3. The summed E-state index contributed by atoms with van der Waals surface area (Å²) in [6.07, 6.45) is 12.7. The lowest BCUT2D eigenvalue weighted by atomic mass is 9.64. The largest absolute Gasteiger partial charge is 0.0766 e. The fraction of sp³-hybridized carbons (Fsp3) is 0.333. The van der Waals surface area contributed by atoms with Crippen LogP contribution >= 0.6 is 31.9 Å². The van der Waals surface area contributed by atoms with Gasteiger partial charge >= 0.3 is 0 Å². The van der Waals surface area contributed by atoms with Gasteiger partial charge in [-0.3, -0.25) is 0 Å². The molecule has 5 rings (SSSR count). The summed E-state index contributed by atoms with van der Waals surface area (Å²) in [6.45, 7) is 6.89. The predicted octanol–water partition coefficient (Wildman–Crippen LogP) is 10.7. The molecule has 0 spiro atoms. The van der Waals surface area contributed by atoms with E-state index in [1.54, 1.807) is 5.57 Å². The molecule has 0 bridgehead atoms. The van der Waals surface area contributed by atoms with Crippen molar-refractivity contribution in [2.24, 2.45) is 5.92 Å². The van der Waals surface area contributed by atoms with E-state index in [9.17, 15) is 0 Å². The van der Waals surface area contributed by atoms with Crippen LogP contribution in [-0.4, -0.2) is 0 Å². The molecule has 0 aromatic heterocycles. The van der Waals surface area contributed by atoms with E-state index in [1.165, 1.54) is 77.5 Å². The van der Waals surface area contributed by atoms with Crippen LogP contribution in [0.25, 0.3) is 11.1 Å². The molecule has 0 fully saturated rings. The first-order valence-electron chi connectivity index (χ1n) is 13.0. The van der Waals surface area contributed by atoms with Gasteiger partial charge in [0.25, 0.3) is 0 Å². The van der Waals surface area contributed by atoms with Crippen molar-refractivity contribution < 1.29 is 0 Å². The molecule has 0 saturated heterocycles. The van der Waals surface area contributed by atoms with Gasteiger partial charge in [-0.2, -0.15) is 0 Å². The van der Waals surface area contributed by atoms with E-state index in [4.69, 9.17) is 0 Å². The molecule has 1 atom stereocenters. The molecule has 3 aromatic rings. The summed E-state index contributed by atoms with van der Waals surface area (Å²) >= 11 is 7.63. The Kier molecular flexibility index (Phi) is 7.24. The van der Waals surface area contributed by atoms with E-state index < -0.39 is 0 Å². The molecule has 0 radical (unpaired) electrons. The molecule has 0 saturated carbocycles. The van der Waals surface area contributed by atoms with Crippen molar-refractivity contribution in [3.63, 3.8) is 0 Å². The van der Waals surface area contributed by atoms with Crippen molar-refractivity contribution in [2.45, 2.75) is 64.7 Å². The van der Waals surface area contributed by atoms with Crippen molar-refractivity contribution in [3.8, 4) is 11.1 Å². The minimum absolute atomic E-state index is 0.326. The Labute approximate surface area is 227 Å². The second-order valence-electron chi connectivity index (χ2n) is 10.4. The van der Waals surface area contributed by atoms with Gasteiger partial charge in [0.15, 0.2) is 0 Å². The van der Waals surface area contributed by atoms with Gasteiger partial charge in [-0.1, -0.05) is 125 Å². The average molecular weight is 590 g/mol. The van der Waals surface area contributed by atoms with Crippen molar-refractivity contribution in [3.05, 3.63) is 115 Å². The fourth-order valence-corrected chi connectivity index (χ4v) is 6.95. The number of fused-ring (bicyclic) bond motifs is 3. The first kappa shape index (κ1) is 24.8. The molecule has 0 aliphatic heterocycles. The highest BCUT2D eigenvalue weighted by atomic mass is 79.9. The van der Waals surface area contributed by atoms with E-state index in [0.29, 0.717) is 5.92 Å². The van der Waals surface area contributed by atoms with Gasteiger partial charge in [-0.15, -0.1) is 0 Å². The maximum Gasteiger partial charge on any atom is 0.0711 e. The third-order valence-corrected chi connectivity index (χ3v) is 8.69. The van der Waals surface area contributed by atoms with Crippen LogP contribution in [0.1, 0.15) is 74.6 Å². The topological polar surface area (TPSA) is 0 Å². The van der Waals surface area contributed by atoms with Gasteiger partial charge in [-0.25, -0.2) is 0 Å². The molecule has 3 aromatic carbocycles. The smallest absolute Gasteiger partial charge is 0.0711 e. The van der Waals surface area contributed by atoms with E-state index in [-0.39, 0.29) is 5.41 Å². The Bertz CT molecular complexity index is 1260. The van der Waals surface area contributed by atoms with Crippen LogP contribution in [0.4, 0.5) is 0 Å². The van der Waals surface area contributed by atoms with Gasteiger partial charge in [0.2, 0.25) is 0 Å². The third kappa shape index (κ3) is 4.53. The number of allylic oxidation sites excluding steroid dienone is 4. The van der Waals surface area contributed by atoms with Crippen LogP contribution in [0.5, 0.6) is 0 Å². The Morgan fingerprint density at radius 3 is 2.17 bits per heavy atom. The molecule has 1 unspecified atom stereocenters. The Morgan fingerprint density at radius 2 is 1.54 bits per heavy atom. The molecule has 0 nitrogen and oxygen atoms in total. The minimum Gasteiger partial charge on any atom is -0.0766 e. The highest BCUT2D eigenvalue weighted by molar-refractivity contribution is 9.10. The second kappa shape index (κ2) is 10.2. The van der Waals surface area contributed by atoms with Crippen LogP contribution in [0.2, 0.25) is 0 Å². The Hall–Kier alpha value is -1.90. The number of halogens is 2. The molecule has 2 aliphatic rings. The summed E-state index contributed by atoms with van der Waals surface area (Å²) in [7, 11) is 0. The lowest BCUT2D eigenvalue weighted by Crippen LogP contribution is -2.30. The molecular formula is C33H34Br2. The van der Waals surface area contributed by atoms with Crippen molar-refractivity contribution in [1.29, 1.82) is 0 Å². The molecular weight excluding hydrogens is 556 g/mol. The first-order chi connectivity index (χ1) is 16.9. The van der Waals surface area contributed by atoms with Crippen LogP contribution in [0.3, 0.4) is 0 Å². The fourth-order valence-electron chi connectivity index (χ4n) is 6.23. The van der Waals surface area contributed by atoms with Gasteiger partial charge in [0.1, 0.15) is 0 Å². The summed E-state index contributed by atoms with van der Waals surface area (Å²) in [5.41, 5.74) is 10.8. The molecule has 180 valence electrons. The minimum atomic E-state index is -0.326. The summed E-state index contributed by atoms with van der Waals surface area (Å²) in [5, 5.41) is 0.